The highest BCUT2D eigenvalue weighted by atomic mass is 35.5. The summed E-state index contributed by atoms with van der Waals surface area (Å²) in [5.41, 5.74) is 0.645. The van der Waals surface area contributed by atoms with E-state index in [0.717, 1.165) is 0 Å². The van der Waals surface area contributed by atoms with Gasteiger partial charge in [0.25, 0.3) is 10.0 Å². The van der Waals surface area contributed by atoms with E-state index in [1.807, 2.05) is 19.9 Å². The van der Waals surface area contributed by atoms with Gasteiger partial charge in [0.15, 0.2) is 0 Å². The standard InChI is InChI=1S/C16H16Cl2N2O3S/c1-11(2)23-15-6-4-3-5-12(15)10-19-20-24(21,22)16-9-13(17)7-8-14(16)18/h3-11,20H,1-2H3. The van der Waals surface area contributed by atoms with Crippen molar-refractivity contribution in [3.8, 4) is 5.75 Å². The van der Waals surface area contributed by atoms with E-state index < -0.39 is 10.0 Å². The van der Waals surface area contributed by atoms with Crippen molar-refractivity contribution in [2.24, 2.45) is 5.10 Å². The molecule has 0 fully saturated rings. The molecule has 0 aliphatic heterocycles. The molecular formula is C16H16Cl2N2O3S. The average molecular weight is 387 g/mol. The van der Waals surface area contributed by atoms with Crippen LogP contribution in [-0.4, -0.2) is 20.7 Å². The first-order chi connectivity index (χ1) is 11.3. The Labute approximate surface area is 151 Å². The number of benzene rings is 2. The highest BCUT2D eigenvalue weighted by Gasteiger charge is 2.17. The first-order valence-corrected chi connectivity index (χ1v) is 9.29. The highest BCUT2D eigenvalue weighted by molar-refractivity contribution is 7.89. The molecule has 2 aromatic carbocycles. The van der Waals surface area contributed by atoms with Crippen molar-refractivity contribution >= 4 is 39.4 Å². The number of hydrogen-bond donors (Lipinski definition) is 1. The first-order valence-electron chi connectivity index (χ1n) is 7.05. The quantitative estimate of drug-likeness (QED) is 0.600. The monoisotopic (exact) mass is 386 g/mol. The topological polar surface area (TPSA) is 67.8 Å². The smallest absolute Gasteiger partial charge is 0.278 e. The van der Waals surface area contributed by atoms with E-state index in [2.05, 4.69) is 9.93 Å². The molecule has 1 N–H and O–H groups in total. The predicted molar refractivity (Wildman–Crippen MR) is 96.6 cm³/mol. The maximum absolute atomic E-state index is 12.3. The van der Waals surface area contributed by atoms with Crippen LogP contribution < -0.4 is 9.57 Å². The zero-order chi connectivity index (χ0) is 17.7. The summed E-state index contributed by atoms with van der Waals surface area (Å²) in [5, 5.41) is 4.11. The van der Waals surface area contributed by atoms with Crippen LogP contribution >= 0.6 is 23.2 Å². The summed E-state index contributed by atoms with van der Waals surface area (Å²) in [4.78, 5) is 1.98. The number of rotatable bonds is 6. The van der Waals surface area contributed by atoms with Crippen molar-refractivity contribution in [3.05, 3.63) is 58.1 Å². The molecule has 0 radical (unpaired) electrons. The molecule has 8 heteroatoms. The molecule has 0 aromatic heterocycles. The molecule has 0 bridgehead atoms. The maximum atomic E-state index is 12.3. The van der Waals surface area contributed by atoms with Crippen molar-refractivity contribution in [1.82, 2.24) is 4.83 Å². The van der Waals surface area contributed by atoms with Crippen LogP contribution in [0.3, 0.4) is 0 Å². The van der Waals surface area contributed by atoms with Crippen LogP contribution in [0.15, 0.2) is 52.5 Å². The van der Waals surface area contributed by atoms with Gasteiger partial charge in [-0.25, -0.2) is 4.83 Å². The van der Waals surface area contributed by atoms with Crippen LogP contribution in [0.1, 0.15) is 19.4 Å². The minimum Gasteiger partial charge on any atom is -0.490 e. The van der Waals surface area contributed by atoms with Gasteiger partial charge in [0.05, 0.1) is 17.3 Å². The average Bonchev–Trinajstić information content (AvgIpc) is 2.50. The minimum absolute atomic E-state index is 0.0125. The van der Waals surface area contributed by atoms with Crippen molar-refractivity contribution in [3.63, 3.8) is 0 Å². The lowest BCUT2D eigenvalue weighted by molar-refractivity contribution is 0.242. The molecule has 5 nitrogen and oxygen atoms in total. The van der Waals surface area contributed by atoms with Crippen LogP contribution in [0.25, 0.3) is 0 Å². The number of nitrogens with one attached hydrogen (secondary N) is 1. The molecule has 0 saturated carbocycles. The molecule has 2 aromatic rings. The van der Waals surface area contributed by atoms with Crippen LogP contribution in [0.2, 0.25) is 10.0 Å². The molecule has 2 rings (SSSR count). The Morgan fingerprint density at radius 1 is 1.17 bits per heavy atom. The number of para-hydroxylation sites is 1. The minimum atomic E-state index is -3.92. The molecule has 0 aliphatic carbocycles. The maximum Gasteiger partial charge on any atom is 0.278 e. The summed E-state index contributed by atoms with van der Waals surface area (Å²) in [7, 11) is -3.92. The van der Waals surface area contributed by atoms with Gasteiger partial charge in [-0.3, -0.25) is 0 Å². The van der Waals surface area contributed by atoms with Gasteiger partial charge < -0.3 is 4.74 Å². The van der Waals surface area contributed by atoms with E-state index >= 15 is 0 Å². The van der Waals surface area contributed by atoms with E-state index in [1.165, 1.54) is 24.4 Å². The van der Waals surface area contributed by atoms with Gasteiger partial charge in [0.1, 0.15) is 10.6 Å². The van der Waals surface area contributed by atoms with Gasteiger partial charge in [-0.05, 0) is 44.2 Å². The van der Waals surface area contributed by atoms with Crippen LogP contribution in [0.4, 0.5) is 0 Å². The zero-order valence-electron chi connectivity index (χ0n) is 13.0. The summed E-state index contributed by atoms with van der Waals surface area (Å²) in [6.07, 6.45) is 1.36. The lowest BCUT2D eigenvalue weighted by Gasteiger charge is -2.11. The van der Waals surface area contributed by atoms with Gasteiger partial charge in [0, 0.05) is 10.6 Å². The van der Waals surface area contributed by atoms with Crippen LogP contribution in [-0.2, 0) is 10.0 Å². The molecule has 0 atom stereocenters. The largest absolute Gasteiger partial charge is 0.490 e. The third-order valence-corrected chi connectivity index (χ3v) is 4.78. The molecule has 24 heavy (non-hydrogen) atoms. The molecule has 0 heterocycles. The van der Waals surface area contributed by atoms with E-state index in [4.69, 9.17) is 27.9 Å². The van der Waals surface area contributed by atoms with Crippen LogP contribution in [0, 0.1) is 0 Å². The summed E-state index contributed by atoms with van der Waals surface area (Å²) >= 11 is 11.7. The number of halogens is 2. The molecule has 0 amide bonds. The summed E-state index contributed by atoms with van der Waals surface area (Å²) in [5.74, 6) is 0.608. The number of ether oxygens (including phenoxy) is 1. The number of sulfonamides is 1. The Morgan fingerprint density at radius 3 is 2.58 bits per heavy atom. The number of hydrazone groups is 1. The Morgan fingerprint density at radius 2 is 1.88 bits per heavy atom. The second-order valence-electron chi connectivity index (χ2n) is 5.13. The molecule has 0 saturated heterocycles. The fraction of sp³-hybridized carbons (Fsp3) is 0.188. The summed E-state index contributed by atoms with van der Waals surface area (Å²) < 4.78 is 30.2. The van der Waals surface area contributed by atoms with Gasteiger partial charge in [-0.15, -0.1) is 0 Å². The molecule has 0 unspecified atom stereocenters. The van der Waals surface area contributed by atoms with E-state index in [0.29, 0.717) is 11.3 Å². The Bertz CT molecular complexity index is 852. The lowest BCUT2D eigenvalue weighted by atomic mass is 10.2. The predicted octanol–water partition coefficient (Wildman–Crippen LogP) is 4.09. The normalized spacial score (nSPS) is 11.9. The highest BCUT2D eigenvalue weighted by Crippen LogP contribution is 2.24. The second-order valence-corrected chi connectivity index (χ2v) is 7.61. The fourth-order valence-corrected chi connectivity index (χ4v) is 3.40. The molecule has 0 spiro atoms. The van der Waals surface area contributed by atoms with Gasteiger partial charge in [-0.1, -0.05) is 35.3 Å². The summed E-state index contributed by atoms with van der Waals surface area (Å²) in [6.45, 7) is 3.80. The molecule has 0 aliphatic rings. The third kappa shape index (κ3) is 4.87. The Hall–Kier alpha value is -1.76. The molecule has 128 valence electrons. The van der Waals surface area contributed by atoms with Gasteiger partial charge in [0.2, 0.25) is 0 Å². The molecular weight excluding hydrogens is 371 g/mol. The first kappa shape index (κ1) is 18.6. The van der Waals surface area contributed by atoms with E-state index in [-0.39, 0.29) is 21.0 Å². The Balaban J connectivity index is 2.21. The van der Waals surface area contributed by atoms with Crippen LogP contribution in [0.5, 0.6) is 5.75 Å². The van der Waals surface area contributed by atoms with Crippen molar-refractivity contribution < 1.29 is 13.2 Å². The van der Waals surface area contributed by atoms with E-state index in [9.17, 15) is 8.42 Å². The summed E-state index contributed by atoms with van der Waals surface area (Å²) in [6, 6.07) is 11.4. The second kappa shape index (κ2) is 7.88. The van der Waals surface area contributed by atoms with Crippen molar-refractivity contribution in [2.75, 3.05) is 0 Å². The third-order valence-electron chi connectivity index (χ3n) is 2.84. The SMILES string of the molecule is CC(C)Oc1ccccc1C=NNS(=O)(=O)c1cc(Cl)ccc1Cl. The Kier molecular flexibility index (Phi) is 6.10. The van der Waals surface area contributed by atoms with Crippen molar-refractivity contribution in [2.45, 2.75) is 24.8 Å². The number of hydrogen-bond acceptors (Lipinski definition) is 4. The lowest BCUT2D eigenvalue weighted by Crippen LogP contribution is -2.19. The zero-order valence-corrected chi connectivity index (χ0v) is 15.4. The fourth-order valence-electron chi connectivity index (χ4n) is 1.85. The number of nitrogens with zero attached hydrogens (tertiary/aromatic N) is 1. The van der Waals surface area contributed by atoms with E-state index in [1.54, 1.807) is 18.2 Å². The van der Waals surface area contributed by atoms with Gasteiger partial charge in [-0.2, -0.15) is 13.5 Å². The van der Waals surface area contributed by atoms with Gasteiger partial charge >= 0.3 is 0 Å². The van der Waals surface area contributed by atoms with Crippen molar-refractivity contribution in [1.29, 1.82) is 0 Å².